The average molecular weight is 220 g/mol. The van der Waals surface area contributed by atoms with Crippen molar-refractivity contribution in [3.63, 3.8) is 0 Å². The molecule has 3 heteroatoms. The quantitative estimate of drug-likeness (QED) is 0.808. The van der Waals surface area contributed by atoms with Crippen LogP contribution in [0, 0.1) is 13.8 Å². The zero-order valence-corrected chi connectivity index (χ0v) is 10.4. The third kappa shape index (κ3) is 3.35. The fourth-order valence-corrected chi connectivity index (χ4v) is 1.56. The summed E-state index contributed by atoms with van der Waals surface area (Å²) in [5, 5.41) is 5.83. The van der Waals surface area contributed by atoms with Crippen LogP contribution in [-0.4, -0.2) is 19.0 Å². The van der Waals surface area contributed by atoms with Gasteiger partial charge in [-0.2, -0.15) is 0 Å². The molecule has 0 aromatic heterocycles. The second-order valence-electron chi connectivity index (χ2n) is 4.15. The molecule has 1 aromatic rings. The van der Waals surface area contributed by atoms with Crippen LogP contribution in [0.1, 0.15) is 23.6 Å². The molecule has 0 aliphatic heterocycles. The zero-order chi connectivity index (χ0) is 12.1. The predicted octanol–water partition coefficient (Wildman–Crippen LogP) is 1.53. The Bertz CT molecular complexity index is 374. The van der Waals surface area contributed by atoms with Crippen molar-refractivity contribution in [3.8, 4) is 0 Å². The largest absolute Gasteiger partial charge is 0.358 e. The lowest BCUT2D eigenvalue weighted by atomic mass is 10.1. The fraction of sp³-hybridized carbons (Fsp3) is 0.462. The first-order valence-corrected chi connectivity index (χ1v) is 5.55. The van der Waals surface area contributed by atoms with Crippen LogP contribution in [0.2, 0.25) is 0 Å². The molecule has 0 unspecified atom stereocenters. The first-order valence-electron chi connectivity index (χ1n) is 5.55. The minimum absolute atomic E-state index is 0.0188. The molecule has 2 N–H and O–H groups in total. The molecule has 1 rings (SSSR count). The van der Waals surface area contributed by atoms with Crippen LogP contribution in [0.4, 0.5) is 0 Å². The molecule has 0 heterocycles. The van der Waals surface area contributed by atoms with Crippen molar-refractivity contribution in [1.82, 2.24) is 10.6 Å². The summed E-state index contributed by atoms with van der Waals surface area (Å²) in [6, 6.07) is 6.20. The van der Waals surface area contributed by atoms with Gasteiger partial charge in [-0.25, -0.2) is 0 Å². The molecule has 0 bridgehead atoms. The van der Waals surface area contributed by atoms with Crippen LogP contribution >= 0.6 is 0 Å². The normalized spacial score (nSPS) is 12.2. The standard InChI is InChI=1S/C13H20N2O/c1-9-5-6-10(2)12(7-9)8-15-11(3)13(16)14-4/h5-7,11,15H,8H2,1-4H3,(H,14,16)/t11-/m1/s1. The van der Waals surface area contributed by atoms with Gasteiger partial charge in [0.1, 0.15) is 0 Å². The number of aryl methyl sites for hydroxylation is 2. The highest BCUT2D eigenvalue weighted by Gasteiger charge is 2.10. The van der Waals surface area contributed by atoms with Gasteiger partial charge in [-0.15, -0.1) is 0 Å². The Kier molecular flexibility index (Phi) is 4.50. The zero-order valence-electron chi connectivity index (χ0n) is 10.4. The third-order valence-corrected chi connectivity index (χ3v) is 2.74. The Morgan fingerprint density at radius 1 is 1.38 bits per heavy atom. The maximum Gasteiger partial charge on any atom is 0.236 e. The van der Waals surface area contributed by atoms with Crippen molar-refractivity contribution >= 4 is 5.91 Å². The van der Waals surface area contributed by atoms with Crippen LogP contribution in [-0.2, 0) is 11.3 Å². The van der Waals surface area contributed by atoms with E-state index < -0.39 is 0 Å². The number of amides is 1. The second kappa shape index (κ2) is 5.66. The van der Waals surface area contributed by atoms with Gasteiger partial charge in [-0.1, -0.05) is 23.8 Å². The summed E-state index contributed by atoms with van der Waals surface area (Å²) in [4.78, 5) is 11.3. The van der Waals surface area contributed by atoms with Gasteiger partial charge >= 0.3 is 0 Å². The van der Waals surface area contributed by atoms with Crippen LogP contribution in [0.25, 0.3) is 0 Å². The lowest BCUT2D eigenvalue weighted by Gasteiger charge is -2.13. The predicted molar refractivity (Wildman–Crippen MR) is 66.3 cm³/mol. The maximum absolute atomic E-state index is 11.3. The molecule has 0 aliphatic rings. The molecule has 3 nitrogen and oxygen atoms in total. The van der Waals surface area contributed by atoms with E-state index in [2.05, 4.69) is 42.7 Å². The summed E-state index contributed by atoms with van der Waals surface area (Å²) in [5.74, 6) is 0.0188. The van der Waals surface area contributed by atoms with Gasteiger partial charge < -0.3 is 10.6 Å². The molecule has 0 aliphatic carbocycles. The van der Waals surface area contributed by atoms with Crippen molar-refractivity contribution < 1.29 is 4.79 Å². The summed E-state index contributed by atoms with van der Waals surface area (Å²) in [7, 11) is 1.65. The van der Waals surface area contributed by atoms with Gasteiger partial charge in [0.25, 0.3) is 0 Å². The Morgan fingerprint density at radius 3 is 2.69 bits per heavy atom. The first kappa shape index (κ1) is 12.7. The SMILES string of the molecule is CNC(=O)[C@@H](C)NCc1cc(C)ccc1C. The van der Waals surface area contributed by atoms with E-state index in [9.17, 15) is 4.79 Å². The van der Waals surface area contributed by atoms with Gasteiger partial charge in [0.15, 0.2) is 0 Å². The number of carbonyl (C=O) groups is 1. The molecule has 0 fully saturated rings. The molecule has 16 heavy (non-hydrogen) atoms. The van der Waals surface area contributed by atoms with Crippen LogP contribution < -0.4 is 10.6 Å². The summed E-state index contributed by atoms with van der Waals surface area (Å²) in [6.45, 7) is 6.75. The van der Waals surface area contributed by atoms with E-state index in [1.54, 1.807) is 7.05 Å². The molecule has 0 radical (unpaired) electrons. The fourth-order valence-electron chi connectivity index (χ4n) is 1.56. The van der Waals surface area contributed by atoms with E-state index in [1.165, 1.54) is 16.7 Å². The number of likely N-dealkylation sites (N-methyl/N-ethyl adjacent to an activating group) is 1. The number of nitrogens with one attached hydrogen (secondary N) is 2. The minimum atomic E-state index is -0.162. The number of benzene rings is 1. The topological polar surface area (TPSA) is 41.1 Å². The lowest BCUT2D eigenvalue weighted by molar-refractivity contribution is -0.122. The summed E-state index contributed by atoms with van der Waals surface area (Å²) in [6.07, 6.45) is 0. The third-order valence-electron chi connectivity index (χ3n) is 2.74. The number of hydrogen-bond acceptors (Lipinski definition) is 2. The van der Waals surface area contributed by atoms with Gasteiger partial charge in [-0.05, 0) is 31.9 Å². The molecule has 1 atom stereocenters. The number of hydrogen-bond donors (Lipinski definition) is 2. The Hall–Kier alpha value is -1.35. The highest BCUT2D eigenvalue weighted by Crippen LogP contribution is 2.10. The van der Waals surface area contributed by atoms with Crippen molar-refractivity contribution in [2.24, 2.45) is 0 Å². The number of carbonyl (C=O) groups excluding carboxylic acids is 1. The Labute approximate surface area is 97.2 Å². The molecule has 88 valence electrons. The van der Waals surface area contributed by atoms with Gasteiger partial charge in [0.2, 0.25) is 5.91 Å². The van der Waals surface area contributed by atoms with Crippen LogP contribution in [0.3, 0.4) is 0 Å². The van der Waals surface area contributed by atoms with Crippen molar-refractivity contribution in [1.29, 1.82) is 0 Å². The summed E-state index contributed by atoms with van der Waals surface area (Å²) >= 11 is 0. The Morgan fingerprint density at radius 2 is 2.06 bits per heavy atom. The van der Waals surface area contributed by atoms with Crippen LogP contribution in [0.15, 0.2) is 18.2 Å². The smallest absolute Gasteiger partial charge is 0.236 e. The van der Waals surface area contributed by atoms with Crippen molar-refractivity contribution in [2.45, 2.75) is 33.4 Å². The van der Waals surface area contributed by atoms with Crippen molar-refractivity contribution in [3.05, 3.63) is 34.9 Å². The van der Waals surface area contributed by atoms with E-state index in [4.69, 9.17) is 0 Å². The molecular weight excluding hydrogens is 200 g/mol. The lowest BCUT2D eigenvalue weighted by Crippen LogP contribution is -2.40. The second-order valence-corrected chi connectivity index (χ2v) is 4.15. The first-order chi connectivity index (χ1) is 7.54. The van der Waals surface area contributed by atoms with E-state index >= 15 is 0 Å². The Balaban J connectivity index is 2.60. The van der Waals surface area contributed by atoms with E-state index in [-0.39, 0.29) is 11.9 Å². The molecule has 1 aromatic carbocycles. The van der Waals surface area contributed by atoms with E-state index in [0.717, 1.165) is 6.54 Å². The average Bonchev–Trinajstić information content (AvgIpc) is 2.28. The molecule has 1 amide bonds. The molecular formula is C13H20N2O. The van der Waals surface area contributed by atoms with Crippen LogP contribution in [0.5, 0.6) is 0 Å². The van der Waals surface area contributed by atoms with Gasteiger partial charge in [0, 0.05) is 13.6 Å². The highest BCUT2D eigenvalue weighted by atomic mass is 16.2. The molecule has 0 spiro atoms. The van der Waals surface area contributed by atoms with E-state index in [0.29, 0.717) is 0 Å². The van der Waals surface area contributed by atoms with Gasteiger partial charge in [-0.3, -0.25) is 4.79 Å². The maximum atomic E-state index is 11.3. The van der Waals surface area contributed by atoms with Gasteiger partial charge in [0.05, 0.1) is 6.04 Å². The molecule has 0 saturated carbocycles. The summed E-state index contributed by atoms with van der Waals surface area (Å²) in [5.41, 5.74) is 3.74. The van der Waals surface area contributed by atoms with E-state index in [1.807, 2.05) is 6.92 Å². The number of rotatable bonds is 4. The highest BCUT2D eigenvalue weighted by molar-refractivity contribution is 5.80. The minimum Gasteiger partial charge on any atom is -0.358 e. The molecule has 0 saturated heterocycles. The van der Waals surface area contributed by atoms with Crippen molar-refractivity contribution in [2.75, 3.05) is 7.05 Å². The summed E-state index contributed by atoms with van der Waals surface area (Å²) < 4.78 is 0. The monoisotopic (exact) mass is 220 g/mol.